The molecule has 1 heterocycles. The molecule has 148 valence electrons. The van der Waals surface area contributed by atoms with Gasteiger partial charge in [0.25, 0.3) is 5.91 Å². The zero-order valence-corrected chi connectivity index (χ0v) is 18.2. The molecule has 1 saturated heterocycles. The van der Waals surface area contributed by atoms with Crippen molar-refractivity contribution < 1.29 is 19.1 Å². The normalized spacial score (nSPS) is 21.4. The number of halogens is 1. The predicted octanol–water partition coefficient (Wildman–Crippen LogP) is 3.97. The Morgan fingerprint density at radius 1 is 1.22 bits per heavy atom. The van der Waals surface area contributed by atoms with E-state index in [0.29, 0.717) is 12.0 Å². The molecule has 0 spiro atoms. The van der Waals surface area contributed by atoms with Crippen molar-refractivity contribution in [3.8, 4) is 0 Å². The van der Waals surface area contributed by atoms with Gasteiger partial charge in [-0.25, -0.2) is 14.5 Å². The fourth-order valence-electron chi connectivity index (χ4n) is 3.05. The van der Waals surface area contributed by atoms with E-state index in [1.807, 2.05) is 26.0 Å². The van der Waals surface area contributed by atoms with Crippen molar-refractivity contribution in [3.63, 3.8) is 0 Å². The van der Waals surface area contributed by atoms with Gasteiger partial charge < -0.3 is 10.1 Å². The lowest BCUT2D eigenvalue weighted by Crippen LogP contribution is -2.49. The number of imide groups is 1. The van der Waals surface area contributed by atoms with Gasteiger partial charge in [-0.3, -0.25) is 4.79 Å². The van der Waals surface area contributed by atoms with Crippen LogP contribution in [0.2, 0.25) is 0 Å². The molecule has 1 unspecified atom stereocenters. The van der Waals surface area contributed by atoms with Crippen LogP contribution in [0.4, 0.5) is 4.79 Å². The third-order valence-corrected chi connectivity index (χ3v) is 4.86. The van der Waals surface area contributed by atoms with Crippen molar-refractivity contribution in [1.29, 1.82) is 0 Å². The van der Waals surface area contributed by atoms with Crippen LogP contribution in [0.3, 0.4) is 0 Å². The molecule has 0 saturated carbocycles. The smallest absolute Gasteiger partial charge is 0.329 e. The Labute approximate surface area is 168 Å². The highest BCUT2D eigenvalue weighted by Crippen LogP contribution is 2.32. The number of carbonyl (C=O) groups is 3. The molecule has 1 N–H and O–H groups in total. The molecule has 0 aromatic heterocycles. The molecule has 0 radical (unpaired) electrons. The molecule has 6 nitrogen and oxygen atoms in total. The summed E-state index contributed by atoms with van der Waals surface area (Å²) >= 11 is 3.36. The van der Waals surface area contributed by atoms with Crippen molar-refractivity contribution in [3.05, 3.63) is 34.3 Å². The van der Waals surface area contributed by atoms with Gasteiger partial charge in [0.1, 0.15) is 17.2 Å². The molecule has 27 heavy (non-hydrogen) atoms. The molecular weight excluding hydrogens is 412 g/mol. The molecule has 2 atom stereocenters. The second-order valence-corrected chi connectivity index (χ2v) is 9.33. The molecule has 3 amide bonds. The summed E-state index contributed by atoms with van der Waals surface area (Å²) in [6, 6.07) is 5.62. The number of ether oxygens (including phenoxy) is 1. The number of urea groups is 1. The first-order valence-electron chi connectivity index (χ1n) is 9.00. The van der Waals surface area contributed by atoms with E-state index >= 15 is 0 Å². The summed E-state index contributed by atoms with van der Waals surface area (Å²) in [6.07, 6.45) is 0.338. The van der Waals surface area contributed by atoms with E-state index in [4.69, 9.17) is 4.74 Å². The molecule has 0 bridgehead atoms. The highest BCUT2D eigenvalue weighted by molar-refractivity contribution is 9.10. The average Bonchev–Trinajstić information content (AvgIpc) is 2.74. The van der Waals surface area contributed by atoms with Crippen molar-refractivity contribution in [2.24, 2.45) is 5.92 Å². The summed E-state index contributed by atoms with van der Waals surface area (Å²) in [5.41, 5.74) is -1.28. The number of hydrogen-bond donors (Lipinski definition) is 1. The van der Waals surface area contributed by atoms with Crippen LogP contribution in [0.5, 0.6) is 0 Å². The van der Waals surface area contributed by atoms with Crippen molar-refractivity contribution >= 4 is 33.8 Å². The third-order valence-electron chi connectivity index (χ3n) is 4.33. The number of amides is 3. The van der Waals surface area contributed by atoms with Crippen LogP contribution in [0.1, 0.15) is 53.5 Å². The van der Waals surface area contributed by atoms with E-state index in [9.17, 15) is 14.4 Å². The minimum atomic E-state index is -1.23. The Kier molecular flexibility index (Phi) is 6.04. The van der Waals surface area contributed by atoms with Crippen LogP contribution in [0.15, 0.2) is 28.7 Å². The molecule has 1 fully saturated rings. The van der Waals surface area contributed by atoms with Gasteiger partial charge in [-0.1, -0.05) is 41.9 Å². The number of hydrogen-bond acceptors (Lipinski definition) is 4. The number of benzene rings is 1. The van der Waals surface area contributed by atoms with E-state index in [1.54, 1.807) is 39.8 Å². The summed E-state index contributed by atoms with van der Waals surface area (Å²) in [4.78, 5) is 39.7. The summed E-state index contributed by atoms with van der Waals surface area (Å²) < 4.78 is 6.35. The molecule has 1 aromatic carbocycles. The first-order valence-corrected chi connectivity index (χ1v) is 9.79. The Balaban J connectivity index is 2.38. The second kappa shape index (κ2) is 7.62. The second-order valence-electron chi connectivity index (χ2n) is 8.42. The molecule has 1 aliphatic heterocycles. The minimum Gasteiger partial charge on any atom is -0.458 e. The van der Waals surface area contributed by atoms with Crippen LogP contribution < -0.4 is 5.32 Å². The maximum absolute atomic E-state index is 13.2. The quantitative estimate of drug-likeness (QED) is 0.557. The van der Waals surface area contributed by atoms with Crippen LogP contribution in [-0.4, -0.2) is 34.5 Å². The van der Waals surface area contributed by atoms with Crippen LogP contribution in [0.25, 0.3) is 0 Å². The molecule has 7 heteroatoms. The summed E-state index contributed by atoms with van der Waals surface area (Å²) in [5.74, 6) is -0.922. The lowest BCUT2D eigenvalue weighted by atomic mass is 9.91. The number of esters is 1. The fraction of sp³-hybridized carbons (Fsp3) is 0.550. The van der Waals surface area contributed by atoms with Gasteiger partial charge in [-0.15, -0.1) is 0 Å². The van der Waals surface area contributed by atoms with Crippen molar-refractivity contribution in [2.45, 2.75) is 65.1 Å². The molecule has 1 aliphatic rings. The van der Waals surface area contributed by atoms with E-state index in [2.05, 4.69) is 21.2 Å². The first-order chi connectivity index (χ1) is 12.3. The number of nitrogens with zero attached hydrogens (tertiary/aromatic N) is 1. The van der Waals surface area contributed by atoms with Gasteiger partial charge in [0.05, 0.1) is 0 Å². The van der Waals surface area contributed by atoms with E-state index in [0.717, 1.165) is 9.37 Å². The van der Waals surface area contributed by atoms with Gasteiger partial charge in [0.15, 0.2) is 0 Å². The Bertz CT molecular complexity index is 739. The molecular formula is C20H27BrN2O4. The van der Waals surface area contributed by atoms with E-state index < -0.39 is 35.1 Å². The average molecular weight is 439 g/mol. The third kappa shape index (κ3) is 4.69. The van der Waals surface area contributed by atoms with Crippen LogP contribution in [0, 0.1) is 5.92 Å². The SMILES string of the molecule is CC(C)CC(C(=O)OC(C)(C)C)N1C(=O)N[C@@](C)(c2ccc(Br)cc2)C1=O. The summed E-state index contributed by atoms with van der Waals surface area (Å²) in [7, 11) is 0. The monoisotopic (exact) mass is 438 g/mol. The van der Waals surface area contributed by atoms with Gasteiger partial charge in [0, 0.05) is 4.47 Å². The Morgan fingerprint density at radius 3 is 2.26 bits per heavy atom. The van der Waals surface area contributed by atoms with E-state index in [1.165, 1.54) is 0 Å². The zero-order valence-electron chi connectivity index (χ0n) is 16.6. The predicted molar refractivity (Wildman–Crippen MR) is 106 cm³/mol. The number of carbonyl (C=O) groups excluding carboxylic acids is 3. The Morgan fingerprint density at radius 2 is 1.78 bits per heavy atom. The van der Waals surface area contributed by atoms with Gasteiger partial charge in [-0.2, -0.15) is 0 Å². The molecule has 1 aromatic rings. The summed E-state index contributed by atoms with van der Waals surface area (Å²) in [5, 5.41) is 2.75. The lowest BCUT2D eigenvalue weighted by Gasteiger charge is -2.30. The zero-order chi connectivity index (χ0) is 20.6. The standard InChI is InChI=1S/C20H27BrN2O4/c1-12(2)11-15(16(24)27-19(3,4)5)23-17(25)20(6,22-18(23)26)13-7-9-14(21)10-8-13/h7-10,12,15H,11H2,1-6H3,(H,22,26)/t15?,20-/m0/s1. The fourth-order valence-corrected chi connectivity index (χ4v) is 3.31. The minimum absolute atomic E-state index is 0.0997. The first kappa shape index (κ1) is 21.4. The van der Waals surface area contributed by atoms with Gasteiger partial charge in [0.2, 0.25) is 0 Å². The largest absolute Gasteiger partial charge is 0.458 e. The highest BCUT2D eigenvalue weighted by atomic mass is 79.9. The maximum atomic E-state index is 13.2. The number of nitrogens with one attached hydrogen (secondary N) is 1. The number of rotatable bonds is 5. The topological polar surface area (TPSA) is 75.7 Å². The van der Waals surface area contributed by atoms with Crippen LogP contribution >= 0.6 is 15.9 Å². The van der Waals surface area contributed by atoms with Crippen LogP contribution in [-0.2, 0) is 19.9 Å². The van der Waals surface area contributed by atoms with Crippen molar-refractivity contribution in [2.75, 3.05) is 0 Å². The lowest BCUT2D eigenvalue weighted by molar-refractivity contribution is -0.163. The highest BCUT2D eigenvalue weighted by Gasteiger charge is 2.53. The maximum Gasteiger partial charge on any atom is 0.329 e. The van der Waals surface area contributed by atoms with E-state index in [-0.39, 0.29) is 5.92 Å². The molecule has 0 aliphatic carbocycles. The molecule has 2 rings (SSSR count). The van der Waals surface area contributed by atoms with Gasteiger partial charge in [-0.05, 0) is 57.7 Å². The van der Waals surface area contributed by atoms with Crippen molar-refractivity contribution in [1.82, 2.24) is 10.2 Å². The van der Waals surface area contributed by atoms with Gasteiger partial charge >= 0.3 is 12.0 Å². The Hall–Kier alpha value is -1.89. The summed E-state index contributed by atoms with van der Waals surface area (Å²) in [6.45, 7) is 10.8.